The van der Waals surface area contributed by atoms with Crippen molar-refractivity contribution in [3.05, 3.63) is 47.3 Å². The Hall–Kier alpha value is -2.80. The fraction of sp³-hybridized carbons (Fsp3) is 0.455. The molecule has 0 aliphatic carbocycles. The van der Waals surface area contributed by atoms with Crippen LogP contribution < -0.4 is 15.2 Å². The molecule has 1 aromatic carbocycles. The minimum atomic E-state index is -0.351. The summed E-state index contributed by atoms with van der Waals surface area (Å²) >= 11 is 0. The van der Waals surface area contributed by atoms with Gasteiger partial charge in [-0.1, -0.05) is 12.1 Å². The van der Waals surface area contributed by atoms with E-state index in [4.69, 9.17) is 15.2 Å². The number of carbonyl (C=O) groups excluding carboxylic acids is 2. The van der Waals surface area contributed by atoms with Crippen LogP contribution in [0.2, 0.25) is 0 Å². The molecule has 1 amide bonds. The number of nitrogens with two attached hydrogens (primary N) is 1. The van der Waals surface area contributed by atoms with Crippen molar-refractivity contribution in [3.63, 3.8) is 0 Å². The minimum Gasteiger partial charge on any atom is -0.486 e. The van der Waals surface area contributed by atoms with Crippen molar-refractivity contribution in [1.82, 2.24) is 9.47 Å². The van der Waals surface area contributed by atoms with Gasteiger partial charge in [-0.25, -0.2) is 0 Å². The van der Waals surface area contributed by atoms with E-state index in [1.54, 1.807) is 0 Å². The van der Waals surface area contributed by atoms with Crippen molar-refractivity contribution in [1.29, 1.82) is 0 Å². The van der Waals surface area contributed by atoms with Gasteiger partial charge in [0.2, 0.25) is 5.91 Å². The second kappa shape index (κ2) is 7.91. The molecule has 2 unspecified atom stereocenters. The summed E-state index contributed by atoms with van der Waals surface area (Å²) in [7, 11) is 0. The highest BCUT2D eigenvalue weighted by atomic mass is 16.6. The number of hydrogen-bond acceptors (Lipinski definition) is 5. The van der Waals surface area contributed by atoms with E-state index in [0.29, 0.717) is 18.7 Å². The largest absolute Gasteiger partial charge is 0.486 e. The van der Waals surface area contributed by atoms with Gasteiger partial charge in [0.15, 0.2) is 23.4 Å². The number of amides is 1. The van der Waals surface area contributed by atoms with Gasteiger partial charge in [-0.2, -0.15) is 0 Å². The molecule has 29 heavy (non-hydrogen) atoms. The highest BCUT2D eigenvalue weighted by molar-refractivity contribution is 5.99. The van der Waals surface area contributed by atoms with Crippen LogP contribution in [0, 0.1) is 13.8 Å². The second-order valence-electron chi connectivity index (χ2n) is 7.85. The van der Waals surface area contributed by atoms with E-state index in [9.17, 15) is 9.59 Å². The molecule has 2 N–H and O–H groups in total. The van der Waals surface area contributed by atoms with Crippen LogP contribution in [0.5, 0.6) is 11.5 Å². The van der Waals surface area contributed by atoms with Crippen molar-refractivity contribution < 1.29 is 19.1 Å². The number of likely N-dealkylation sites (tertiary alicyclic amines) is 1. The van der Waals surface area contributed by atoms with Gasteiger partial charge < -0.3 is 19.8 Å². The van der Waals surface area contributed by atoms with Gasteiger partial charge >= 0.3 is 0 Å². The Morgan fingerprint density at radius 3 is 2.72 bits per heavy atom. The van der Waals surface area contributed by atoms with Gasteiger partial charge in [0.1, 0.15) is 6.61 Å². The first-order chi connectivity index (χ1) is 13.9. The van der Waals surface area contributed by atoms with Gasteiger partial charge in [-0.15, -0.1) is 0 Å². The Kier molecular flexibility index (Phi) is 5.32. The number of Topliss-reactive ketones (excluding diaryl/α,β-unsaturated/α-hetero) is 1. The van der Waals surface area contributed by atoms with E-state index in [2.05, 4.69) is 4.57 Å². The monoisotopic (exact) mass is 397 g/mol. The lowest BCUT2D eigenvalue weighted by molar-refractivity contribution is -0.122. The molecule has 2 atom stereocenters. The van der Waals surface area contributed by atoms with Gasteiger partial charge in [0, 0.05) is 17.0 Å². The first-order valence-corrected chi connectivity index (χ1v) is 10.1. The fourth-order valence-electron chi connectivity index (χ4n) is 4.33. The predicted octanol–water partition coefficient (Wildman–Crippen LogP) is 2.08. The van der Waals surface area contributed by atoms with Crippen molar-refractivity contribution in [2.45, 2.75) is 45.4 Å². The van der Waals surface area contributed by atoms with Crippen LogP contribution in [0.25, 0.3) is 0 Å². The van der Waals surface area contributed by atoms with Gasteiger partial charge in [-0.05, 0) is 51.4 Å². The molecule has 0 spiro atoms. The maximum atomic E-state index is 12.9. The fourth-order valence-corrected chi connectivity index (χ4v) is 4.33. The topological polar surface area (TPSA) is 86.8 Å². The summed E-state index contributed by atoms with van der Waals surface area (Å²) in [6.07, 6.45) is 1.48. The molecule has 0 saturated carbocycles. The lowest BCUT2D eigenvalue weighted by Crippen LogP contribution is -2.42. The normalized spacial score (nSPS) is 21.3. The molecule has 0 bridgehead atoms. The summed E-state index contributed by atoms with van der Waals surface area (Å²) < 4.78 is 14.0. The number of nitrogens with zero attached hydrogens (tertiary/aromatic N) is 2. The highest BCUT2D eigenvalue weighted by Gasteiger charge is 2.31. The van der Waals surface area contributed by atoms with Crippen LogP contribution in [-0.2, 0) is 11.3 Å². The molecule has 1 fully saturated rings. The summed E-state index contributed by atoms with van der Waals surface area (Å²) in [4.78, 5) is 26.4. The first-order valence-electron chi connectivity index (χ1n) is 10.1. The predicted molar refractivity (Wildman–Crippen MR) is 108 cm³/mol. The summed E-state index contributed by atoms with van der Waals surface area (Å²) in [5.74, 6) is 1.17. The summed E-state index contributed by atoms with van der Waals surface area (Å²) in [6.45, 7) is 5.95. The zero-order valence-electron chi connectivity index (χ0n) is 16.9. The van der Waals surface area contributed by atoms with E-state index in [-0.39, 0.29) is 30.4 Å². The summed E-state index contributed by atoms with van der Waals surface area (Å²) in [6, 6.07) is 9.22. The van der Waals surface area contributed by atoms with Crippen LogP contribution >= 0.6 is 0 Å². The third-order valence-corrected chi connectivity index (χ3v) is 5.87. The van der Waals surface area contributed by atoms with E-state index in [1.165, 1.54) is 0 Å². The summed E-state index contributed by atoms with van der Waals surface area (Å²) in [5.41, 5.74) is 8.07. The molecule has 2 aliphatic rings. The van der Waals surface area contributed by atoms with Crippen molar-refractivity contribution in [3.8, 4) is 11.5 Å². The third-order valence-electron chi connectivity index (χ3n) is 5.87. The van der Waals surface area contributed by atoms with Gasteiger partial charge in [-0.3, -0.25) is 14.5 Å². The molecule has 3 heterocycles. The third kappa shape index (κ3) is 3.87. The number of para-hydroxylation sites is 2. The summed E-state index contributed by atoms with van der Waals surface area (Å²) in [5, 5.41) is 0. The molecule has 7 heteroatoms. The number of hydrogen-bond donors (Lipinski definition) is 1. The number of rotatable bonds is 6. The molecule has 1 aromatic heterocycles. The number of fused-ring (bicyclic) bond motifs is 1. The molecular formula is C22H27N3O4. The molecule has 2 aliphatic heterocycles. The molecule has 154 valence electrons. The zero-order valence-corrected chi connectivity index (χ0v) is 16.9. The SMILES string of the molecule is Cc1cc(C(=O)CN2CCCC2C(N)=O)c(C)n1CC1COc2ccccc2O1. The van der Waals surface area contributed by atoms with E-state index >= 15 is 0 Å². The van der Waals surface area contributed by atoms with Crippen molar-refractivity contribution >= 4 is 11.7 Å². The molecular weight excluding hydrogens is 370 g/mol. The number of aromatic nitrogens is 1. The van der Waals surface area contributed by atoms with Crippen molar-refractivity contribution in [2.24, 2.45) is 5.73 Å². The number of aryl methyl sites for hydroxylation is 1. The Balaban J connectivity index is 1.47. The Morgan fingerprint density at radius 1 is 1.21 bits per heavy atom. The van der Waals surface area contributed by atoms with E-state index in [1.807, 2.05) is 49.1 Å². The smallest absolute Gasteiger partial charge is 0.234 e. The number of primary amides is 1. The lowest BCUT2D eigenvalue weighted by Gasteiger charge is -2.27. The highest BCUT2D eigenvalue weighted by Crippen LogP contribution is 2.31. The molecule has 0 radical (unpaired) electrons. The van der Waals surface area contributed by atoms with Crippen molar-refractivity contribution in [2.75, 3.05) is 19.7 Å². The zero-order chi connectivity index (χ0) is 20.5. The molecule has 7 nitrogen and oxygen atoms in total. The van der Waals surface area contributed by atoms with Gasteiger partial charge in [0.25, 0.3) is 0 Å². The van der Waals surface area contributed by atoms with Crippen LogP contribution in [-0.4, -0.2) is 53.0 Å². The van der Waals surface area contributed by atoms with E-state index in [0.717, 1.165) is 42.3 Å². The molecule has 1 saturated heterocycles. The van der Waals surface area contributed by atoms with Crippen LogP contribution in [0.4, 0.5) is 0 Å². The number of ketones is 1. The maximum absolute atomic E-state index is 12.9. The lowest BCUT2D eigenvalue weighted by atomic mass is 10.1. The molecule has 2 aromatic rings. The number of ether oxygens (including phenoxy) is 2. The average Bonchev–Trinajstić information content (AvgIpc) is 3.27. The number of carbonyl (C=O) groups is 2. The van der Waals surface area contributed by atoms with Gasteiger partial charge in [0.05, 0.1) is 19.1 Å². The van der Waals surface area contributed by atoms with E-state index < -0.39 is 0 Å². The quantitative estimate of drug-likeness (QED) is 0.754. The Bertz CT molecular complexity index is 936. The minimum absolute atomic E-state index is 0.0173. The standard InChI is InChI=1S/C22H27N3O4/c1-14-10-17(19(26)12-24-9-5-6-18(24)22(23)27)15(2)25(14)11-16-13-28-20-7-3-4-8-21(20)29-16/h3-4,7-8,10,16,18H,5-6,9,11-13H2,1-2H3,(H2,23,27). The molecule has 4 rings (SSSR count). The van der Waals surface area contributed by atoms with Crippen LogP contribution in [0.3, 0.4) is 0 Å². The van der Waals surface area contributed by atoms with Crippen LogP contribution in [0.1, 0.15) is 34.6 Å². The number of benzene rings is 1. The maximum Gasteiger partial charge on any atom is 0.234 e. The average molecular weight is 397 g/mol. The Morgan fingerprint density at radius 2 is 1.97 bits per heavy atom. The van der Waals surface area contributed by atoms with Crippen LogP contribution in [0.15, 0.2) is 30.3 Å². The first kappa shape index (κ1) is 19.5. The second-order valence-corrected chi connectivity index (χ2v) is 7.85. The Labute approximate surface area is 170 Å².